The van der Waals surface area contributed by atoms with E-state index in [1.807, 2.05) is 0 Å². The first-order valence-corrected chi connectivity index (χ1v) is 6.03. The van der Waals surface area contributed by atoms with E-state index in [0.29, 0.717) is 12.5 Å². The first-order chi connectivity index (χ1) is 8.42. The average molecular weight is 224 g/mol. The third-order valence-electron chi connectivity index (χ3n) is 2.97. The molecule has 2 rings (SSSR count). The van der Waals surface area contributed by atoms with Crippen molar-refractivity contribution in [2.75, 3.05) is 6.54 Å². The van der Waals surface area contributed by atoms with Crippen LogP contribution in [0.2, 0.25) is 0 Å². The number of nitrogens with two attached hydrogens (primary N) is 1. The lowest BCUT2D eigenvalue weighted by Gasteiger charge is -2.17. The van der Waals surface area contributed by atoms with Gasteiger partial charge in [-0.3, -0.25) is 0 Å². The molecule has 1 heteroatoms. The van der Waals surface area contributed by atoms with Crippen LogP contribution < -0.4 is 5.73 Å². The van der Waals surface area contributed by atoms with Crippen LogP contribution in [0.1, 0.15) is 23.5 Å². The van der Waals surface area contributed by atoms with Gasteiger partial charge in [-0.25, -0.2) is 0 Å². The number of rotatable bonds is 5. The smallest absolute Gasteiger partial charge is 0.00925 e. The lowest BCUT2D eigenvalue weighted by atomic mass is 9.87. The summed E-state index contributed by atoms with van der Waals surface area (Å²) in [7, 11) is 0. The van der Waals surface area contributed by atoms with Crippen molar-refractivity contribution in [3.63, 3.8) is 0 Å². The first kappa shape index (κ1) is 11.9. The summed E-state index contributed by atoms with van der Waals surface area (Å²) in [6, 6.07) is 21.2. The maximum Gasteiger partial charge on any atom is 0.00925 e. The van der Waals surface area contributed by atoms with Crippen LogP contribution in [0.3, 0.4) is 0 Å². The van der Waals surface area contributed by atoms with Crippen LogP contribution in [0.25, 0.3) is 0 Å². The van der Waals surface area contributed by atoms with Crippen LogP contribution in [0.15, 0.2) is 60.7 Å². The molecule has 2 N–H and O–H groups in total. The van der Waals surface area contributed by atoms with Gasteiger partial charge < -0.3 is 5.73 Å². The summed E-state index contributed by atoms with van der Waals surface area (Å²) in [5.74, 6) is 0.418. The molecule has 0 aliphatic carbocycles. The zero-order chi connectivity index (χ0) is 11.9. The zero-order valence-electron chi connectivity index (χ0n) is 9.92. The van der Waals surface area contributed by atoms with Crippen LogP contribution in [0.4, 0.5) is 0 Å². The minimum Gasteiger partial charge on any atom is -0.330 e. The lowest BCUT2D eigenvalue weighted by molar-refractivity contribution is 0.775. The second-order valence-corrected chi connectivity index (χ2v) is 4.13. The fraction of sp³-hybridized carbons (Fsp3) is 0.188. The Morgan fingerprint density at radius 2 is 1.29 bits per heavy atom. The summed E-state index contributed by atoms with van der Waals surface area (Å²) < 4.78 is 0. The molecule has 87 valence electrons. The van der Waals surface area contributed by atoms with Gasteiger partial charge in [-0.2, -0.15) is 0 Å². The Labute approximate surface area is 103 Å². The molecular weight excluding hydrogens is 206 g/mol. The topological polar surface area (TPSA) is 26.0 Å². The van der Waals surface area contributed by atoms with E-state index in [1.54, 1.807) is 0 Å². The second-order valence-electron chi connectivity index (χ2n) is 4.13. The Bertz CT molecular complexity index is 382. The predicted octanol–water partition coefficient (Wildman–Crippen LogP) is 3.37. The molecule has 0 unspecified atom stereocenters. The van der Waals surface area contributed by atoms with Gasteiger partial charge in [0.05, 0.1) is 0 Å². The molecule has 0 bridgehead atoms. The highest BCUT2D eigenvalue weighted by atomic mass is 14.5. The van der Waals surface area contributed by atoms with Gasteiger partial charge in [-0.05, 0) is 30.5 Å². The van der Waals surface area contributed by atoms with E-state index in [4.69, 9.17) is 5.73 Å². The van der Waals surface area contributed by atoms with Gasteiger partial charge in [-0.1, -0.05) is 60.7 Å². The summed E-state index contributed by atoms with van der Waals surface area (Å²) >= 11 is 0. The van der Waals surface area contributed by atoms with Crippen molar-refractivity contribution in [3.8, 4) is 0 Å². The standard InChI is InChI=1S/C16H18N/c17-13-7-12-16(14-8-3-1-4-9-14)15-10-5-2-6-11-15/h1-11,16H,12-13,17H2. The van der Waals surface area contributed by atoms with E-state index < -0.39 is 0 Å². The molecule has 17 heavy (non-hydrogen) atoms. The number of hydrogen-bond donors (Lipinski definition) is 1. The van der Waals surface area contributed by atoms with Crippen LogP contribution in [-0.2, 0) is 0 Å². The molecule has 0 atom stereocenters. The van der Waals surface area contributed by atoms with Gasteiger partial charge in [0.2, 0.25) is 0 Å². The molecule has 0 aromatic heterocycles. The van der Waals surface area contributed by atoms with Crippen LogP contribution in [0, 0.1) is 6.42 Å². The third-order valence-corrected chi connectivity index (χ3v) is 2.97. The van der Waals surface area contributed by atoms with Crippen molar-refractivity contribution in [1.82, 2.24) is 0 Å². The quantitative estimate of drug-likeness (QED) is 0.828. The van der Waals surface area contributed by atoms with Crippen molar-refractivity contribution < 1.29 is 0 Å². The third kappa shape index (κ3) is 3.18. The van der Waals surface area contributed by atoms with Gasteiger partial charge in [-0.15, -0.1) is 0 Å². The number of benzene rings is 2. The van der Waals surface area contributed by atoms with Gasteiger partial charge in [0.15, 0.2) is 0 Å². The Morgan fingerprint density at radius 3 is 1.71 bits per heavy atom. The molecule has 2 aromatic carbocycles. The van der Waals surface area contributed by atoms with Gasteiger partial charge >= 0.3 is 0 Å². The Balaban J connectivity index is 2.26. The van der Waals surface area contributed by atoms with Gasteiger partial charge in [0.25, 0.3) is 0 Å². The highest BCUT2D eigenvalue weighted by Crippen LogP contribution is 2.28. The molecule has 0 spiro atoms. The normalized spacial score (nSPS) is 10.7. The largest absolute Gasteiger partial charge is 0.330 e. The SMILES string of the molecule is NC[CH]CC(c1ccccc1)c1ccccc1. The van der Waals surface area contributed by atoms with E-state index in [1.165, 1.54) is 11.1 Å². The van der Waals surface area contributed by atoms with Crippen molar-refractivity contribution in [2.45, 2.75) is 12.3 Å². The maximum atomic E-state index is 5.58. The van der Waals surface area contributed by atoms with Crippen LogP contribution in [0.5, 0.6) is 0 Å². The van der Waals surface area contributed by atoms with Crippen molar-refractivity contribution in [2.24, 2.45) is 5.73 Å². The monoisotopic (exact) mass is 224 g/mol. The molecular formula is C16H18N. The second kappa shape index (κ2) is 6.21. The highest BCUT2D eigenvalue weighted by Gasteiger charge is 2.12. The molecule has 0 fully saturated rings. The molecule has 0 amide bonds. The van der Waals surface area contributed by atoms with E-state index in [9.17, 15) is 0 Å². The molecule has 0 aliphatic rings. The van der Waals surface area contributed by atoms with E-state index in [2.05, 4.69) is 67.1 Å². The molecule has 0 saturated carbocycles. The summed E-state index contributed by atoms with van der Waals surface area (Å²) in [4.78, 5) is 0. The molecule has 1 nitrogen and oxygen atoms in total. The fourth-order valence-corrected chi connectivity index (χ4v) is 2.10. The minimum absolute atomic E-state index is 0.418. The van der Waals surface area contributed by atoms with E-state index >= 15 is 0 Å². The zero-order valence-corrected chi connectivity index (χ0v) is 9.92. The van der Waals surface area contributed by atoms with Gasteiger partial charge in [0, 0.05) is 5.92 Å². The number of hydrogen-bond acceptors (Lipinski definition) is 1. The summed E-state index contributed by atoms with van der Waals surface area (Å²) in [5.41, 5.74) is 8.28. The lowest BCUT2D eigenvalue weighted by Crippen LogP contribution is -2.06. The average Bonchev–Trinajstić information content (AvgIpc) is 2.42. The summed E-state index contributed by atoms with van der Waals surface area (Å²) in [5, 5.41) is 0. The van der Waals surface area contributed by atoms with Crippen LogP contribution in [-0.4, -0.2) is 6.54 Å². The Kier molecular flexibility index (Phi) is 4.34. The molecule has 0 saturated heterocycles. The Morgan fingerprint density at radius 1 is 0.824 bits per heavy atom. The molecule has 0 heterocycles. The van der Waals surface area contributed by atoms with Crippen LogP contribution >= 0.6 is 0 Å². The van der Waals surface area contributed by atoms with E-state index in [0.717, 1.165) is 6.42 Å². The van der Waals surface area contributed by atoms with Crippen molar-refractivity contribution >= 4 is 0 Å². The van der Waals surface area contributed by atoms with Crippen molar-refractivity contribution in [3.05, 3.63) is 78.2 Å². The first-order valence-electron chi connectivity index (χ1n) is 6.03. The Hall–Kier alpha value is -1.60. The maximum absolute atomic E-state index is 5.58. The fourth-order valence-electron chi connectivity index (χ4n) is 2.10. The van der Waals surface area contributed by atoms with E-state index in [-0.39, 0.29) is 0 Å². The summed E-state index contributed by atoms with van der Waals surface area (Å²) in [6.07, 6.45) is 3.13. The molecule has 2 aromatic rings. The van der Waals surface area contributed by atoms with Gasteiger partial charge in [0.1, 0.15) is 0 Å². The molecule has 1 radical (unpaired) electrons. The molecule has 0 aliphatic heterocycles. The minimum atomic E-state index is 0.418. The predicted molar refractivity (Wildman–Crippen MR) is 72.7 cm³/mol. The summed E-state index contributed by atoms with van der Waals surface area (Å²) in [6.45, 7) is 0.635. The highest BCUT2D eigenvalue weighted by molar-refractivity contribution is 5.32. The van der Waals surface area contributed by atoms with Crippen molar-refractivity contribution in [1.29, 1.82) is 0 Å².